The molecule has 1 aliphatic rings. The monoisotopic (exact) mass is 395 g/mol. The van der Waals surface area contributed by atoms with Crippen molar-refractivity contribution in [3.8, 4) is 0 Å². The second-order valence-electron chi connectivity index (χ2n) is 4.23. The van der Waals surface area contributed by atoms with Gasteiger partial charge in [-0.1, -0.05) is 0 Å². The smallest absolute Gasteiger partial charge is 0.450 e. The fourth-order valence-corrected chi connectivity index (χ4v) is 4.68. The lowest BCUT2D eigenvalue weighted by molar-refractivity contribution is 0.0490. The Hall–Kier alpha value is 0.270. The third kappa shape index (κ3) is 8.21. The van der Waals surface area contributed by atoms with Gasteiger partial charge >= 0.3 is 13.8 Å². The van der Waals surface area contributed by atoms with Crippen LogP contribution >= 0.6 is 42.6 Å². The van der Waals surface area contributed by atoms with Gasteiger partial charge in [0.15, 0.2) is 6.23 Å². The Morgan fingerprint density at radius 1 is 1.36 bits per heavy atom. The molecule has 22 heavy (non-hydrogen) atoms. The van der Waals surface area contributed by atoms with Gasteiger partial charge in [0, 0.05) is 30.6 Å². The van der Waals surface area contributed by atoms with Crippen molar-refractivity contribution in [1.29, 1.82) is 0 Å². The van der Waals surface area contributed by atoms with E-state index in [0.29, 0.717) is 37.0 Å². The fourth-order valence-electron chi connectivity index (χ4n) is 1.68. The van der Waals surface area contributed by atoms with Crippen LogP contribution in [0.15, 0.2) is 0 Å². The van der Waals surface area contributed by atoms with Crippen molar-refractivity contribution in [2.45, 2.75) is 18.0 Å². The first kappa shape index (κ1) is 20.3. The van der Waals surface area contributed by atoms with Crippen LogP contribution in [0.5, 0.6) is 0 Å². The summed E-state index contributed by atoms with van der Waals surface area (Å²) in [7, 11) is -3.18. The van der Waals surface area contributed by atoms with Crippen LogP contribution in [0.4, 0.5) is 4.79 Å². The van der Waals surface area contributed by atoms with Crippen molar-refractivity contribution in [3.05, 3.63) is 0 Å². The van der Waals surface area contributed by atoms with E-state index in [1.54, 1.807) is 0 Å². The summed E-state index contributed by atoms with van der Waals surface area (Å²) in [5.41, 5.74) is 0. The molecule has 1 heterocycles. The lowest BCUT2D eigenvalue weighted by atomic mass is 10.4. The minimum atomic E-state index is -3.18. The van der Waals surface area contributed by atoms with Crippen LogP contribution in [-0.4, -0.2) is 60.1 Å². The zero-order chi connectivity index (χ0) is 16.4. The molecule has 0 saturated carbocycles. The average Bonchev–Trinajstić information content (AvgIpc) is 2.90. The summed E-state index contributed by atoms with van der Waals surface area (Å²) >= 11 is 12.7. The summed E-state index contributed by atoms with van der Waals surface area (Å²) in [5, 5.41) is 17.0. The lowest BCUT2D eigenvalue weighted by Gasteiger charge is -2.20. The molecule has 1 fully saturated rings. The molecule has 0 radical (unpaired) electrons. The molecule has 12 heteroatoms. The molecule has 0 bridgehead atoms. The largest absolute Gasteiger partial charge is 0.507 e. The number of hydrogen-bond acceptors (Lipinski definition) is 6. The van der Waals surface area contributed by atoms with Gasteiger partial charge < -0.3 is 14.4 Å². The molecule has 0 aliphatic carbocycles. The first-order valence-corrected chi connectivity index (χ1v) is 10.4. The summed E-state index contributed by atoms with van der Waals surface area (Å²) in [4.78, 5) is 10.4. The number of hydrogen-bond donors (Lipinski definition) is 4. The Morgan fingerprint density at radius 3 is 2.55 bits per heavy atom. The number of thioether (sulfide) groups is 1. The zero-order valence-corrected chi connectivity index (χ0v) is 15.0. The first-order valence-electron chi connectivity index (χ1n) is 6.63. The Morgan fingerprint density at radius 2 is 2.00 bits per heavy atom. The van der Waals surface area contributed by atoms with E-state index in [1.807, 2.05) is 0 Å². The molecule has 0 amide bonds. The van der Waals surface area contributed by atoms with E-state index in [0.717, 1.165) is 0 Å². The molecule has 0 aromatic carbocycles. The average molecular weight is 396 g/mol. The number of alkyl halides is 2. The highest BCUT2D eigenvalue weighted by Gasteiger charge is 2.28. The molecule has 0 aromatic rings. The van der Waals surface area contributed by atoms with E-state index in [-0.39, 0.29) is 12.0 Å². The maximum atomic E-state index is 12.4. The maximum Gasteiger partial charge on any atom is 0.507 e. The first-order chi connectivity index (χ1) is 10.5. The fraction of sp³-hybridized carbons (Fsp3) is 0.900. The highest BCUT2D eigenvalue weighted by atomic mass is 35.5. The Labute approximate surface area is 143 Å². The molecule has 8 nitrogen and oxygen atoms in total. The molecule has 0 spiro atoms. The molecular weight excluding hydrogens is 376 g/mol. The predicted molar refractivity (Wildman–Crippen MR) is 87.9 cm³/mol. The second-order valence-corrected chi connectivity index (χ2v) is 8.21. The van der Waals surface area contributed by atoms with E-state index in [2.05, 4.69) is 20.2 Å². The van der Waals surface area contributed by atoms with Gasteiger partial charge in [-0.15, -0.1) is 35.0 Å². The van der Waals surface area contributed by atoms with Gasteiger partial charge in [0.1, 0.15) is 0 Å². The Balaban J connectivity index is 2.30. The molecule has 4 N–H and O–H groups in total. The third-order valence-electron chi connectivity index (χ3n) is 2.55. The molecule has 2 atom stereocenters. The van der Waals surface area contributed by atoms with Crippen molar-refractivity contribution in [3.63, 3.8) is 0 Å². The van der Waals surface area contributed by atoms with Crippen LogP contribution in [0.2, 0.25) is 0 Å². The van der Waals surface area contributed by atoms with Crippen molar-refractivity contribution in [2.24, 2.45) is 0 Å². The van der Waals surface area contributed by atoms with E-state index in [1.165, 1.54) is 11.8 Å². The van der Waals surface area contributed by atoms with Crippen molar-refractivity contribution in [1.82, 2.24) is 15.5 Å². The van der Waals surface area contributed by atoms with E-state index in [4.69, 9.17) is 32.8 Å². The Kier molecular flexibility index (Phi) is 10.1. The van der Waals surface area contributed by atoms with E-state index < -0.39 is 20.1 Å². The summed E-state index contributed by atoms with van der Waals surface area (Å²) in [6, 6.07) is 0. The highest BCUT2D eigenvalue weighted by molar-refractivity contribution is 8.00. The van der Waals surface area contributed by atoms with Crippen LogP contribution in [-0.2, 0) is 13.8 Å². The van der Waals surface area contributed by atoms with Gasteiger partial charge in [-0.2, -0.15) is 0 Å². The van der Waals surface area contributed by atoms with Gasteiger partial charge in [0.25, 0.3) is 0 Å². The van der Waals surface area contributed by atoms with Crippen molar-refractivity contribution >= 4 is 48.8 Å². The molecule has 130 valence electrons. The van der Waals surface area contributed by atoms with Crippen LogP contribution in [0.1, 0.15) is 6.42 Å². The minimum Gasteiger partial charge on any atom is -0.450 e. The van der Waals surface area contributed by atoms with E-state index in [9.17, 15) is 9.36 Å². The summed E-state index contributed by atoms with van der Waals surface area (Å²) < 4.78 is 22.5. The van der Waals surface area contributed by atoms with Gasteiger partial charge in [-0.05, 0) is 6.42 Å². The predicted octanol–water partition coefficient (Wildman–Crippen LogP) is 1.84. The quantitative estimate of drug-likeness (QED) is 0.236. The third-order valence-corrected chi connectivity index (χ3v) is 6.02. The van der Waals surface area contributed by atoms with Crippen molar-refractivity contribution in [2.75, 3.05) is 37.2 Å². The van der Waals surface area contributed by atoms with Gasteiger partial charge in [-0.25, -0.2) is 15.0 Å². The number of rotatable bonds is 11. The topological polar surface area (TPSA) is 109 Å². The van der Waals surface area contributed by atoms with Crippen LogP contribution in [0, 0.1) is 0 Å². The second kappa shape index (κ2) is 10.9. The minimum absolute atomic E-state index is 0.0150. The molecule has 1 aliphatic heterocycles. The van der Waals surface area contributed by atoms with Gasteiger partial charge in [-0.3, -0.25) is 9.88 Å². The molecular formula is C10H20Cl2N3O5PS. The van der Waals surface area contributed by atoms with E-state index >= 15 is 0 Å². The molecule has 1 rings (SSSR count). The number of carboxylic acid groups (broad SMARTS) is 1. The molecule has 2 unspecified atom stereocenters. The lowest BCUT2D eigenvalue weighted by Crippen LogP contribution is -2.34. The summed E-state index contributed by atoms with van der Waals surface area (Å²) in [6.07, 6.45) is -1.28. The summed E-state index contributed by atoms with van der Waals surface area (Å²) in [6.45, 7) is 0.921. The highest BCUT2D eigenvalue weighted by Crippen LogP contribution is 2.37. The van der Waals surface area contributed by atoms with Gasteiger partial charge in [0.05, 0.1) is 12.0 Å². The molecule has 1 saturated heterocycles. The van der Waals surface area contributed by atoms with Crippen LogP contribution < -0.4 is 15.5 Å². The van der Waals surface area contributed by atoms with Crippen molar-refractivity contribution < 1.29 is 23.7 Å². The van der Waals surface area contributed by atoms with Crippen LogP contribution in [0.25, 0.3) is 0 Å². The number of carbonyl (C=O) groups is 1. The number of nitrogens with one attached hydrogen (secondary N) is 3. The van der Waals surface area contributed by atoms with Crippen LogP contribution in [0.3, 0.4) is 0 Å². The summed E-state index contributed by atoms with van der Waals surface area (Å²) in [5.74, 6) is 1.15. The standard InChI is InChI=1S/C10H20Cl2N3O5PS/c11-2-4-13-21(18,14-5-3-12)19-6-1-9-15-8(7-22-9)20-10(16)17/h8-9,15H,1-7H2,(H,16,17)(H2,13,14,18). The maximum absolute atomic E-state index is 12.4. The Bertz CT molecular complexity index is 384. The SMILES string of the molecule is O=C(O)OC1CSC(CCOP(=O)(NCCCl)NCCCl)N1. The normalized spacial score (nSPS) is 21.9. The number of halogens is 2. The van der Waals surface area contributed by atoms with Gasteiger partial charge in [0.2, 0.25) is 0 Å². The molecule has 0 aromatic heterocycles. The number of ether oxygens (including phenoxy) is 1. The zero-order valence-electron chi connectivity index (χ0n) is 11.8.